The number of pyridine rings is 1. The molecule has 0 fully saturated rings. The van der Waals surface area contributed by atoms with Crippen LogP contribution >= 0.6 is 0 Å². The van der Waals surface area contributed by atoms with E-state index in [1.165, 1.54) is 6.20 Å². The number of aromatic nitrogens is 4. The maximum Gasteiger partial charge on any atom is 0.252 e. The number of hydrogen-bond donors (Lipinski definition) is 1. The van der Waals surface area contributed by atoms with E-state index in [4.69, 9.17) is 4.74 Å². The second kappa shape index (κ2) is 7.34. The van der Waals surface area contributed by atoms with Crippen LogP contribution in [0.1, 0.15) is 23.7 Å². The summed E-state index contributed by atoms with van der Waals surface area (Å²) >= 11 is 0. The summed E-state index contributed by atoms with van der Waals surface area (Å²) in [6.07, 6.45) is 5.44. The zero-order valence-electron chi connectivity index (χ0n) is 11.3. The van der Waals surface area contributed by atoms with Crippen molar-refractivity contribution in [1.82, 2.24) is 25.1 Å². The molecule has 106 valence electrons. The van der Waals surface area contributed by atoms with Gasteiger partial charge in [0.05, 0.1) is 5.56 Å². The van der Waals surface area contributed by atoms with E-state index in [1.54, 1.807) is 29.4 Å². The van der Waals surface area contributed by atoms with Gasteiger partial charge in [-0.05, 0) is 25.5 Å². The number of ether oxygens (including phenoxy) is 1. The lowest BCUT2D eigenvalue weighted by Gasteiger charge is -2.06. The molecule has 20 heavy (non-hydrogen) atoms. The van der Waals surface area contributed by atoms with E-state index in [1.807, 2.05) is 6.92 Å². The number of hydrogen-bond acceptors (Lipinski definition) is 5. The number of rotatable bonds is 7. The van der Waals surface area contributed by atoms with Crippen LogP contribution < -0.4 is 5.32 Å². The minimum atomic E-state index is -0.135. The highest BCUT2D eigenvalue weighted by atomic mass is 16.5. The lowest BCUT2D eigenvalue weighted by Crippen LogP contribution is -2.25. The molecule has 0 aromatic carbocycles. The Kier molecular flexibility index (Phi) is 5.19. The van der Waals surface area contributed by atoms with Crippen molar-refractivity contribution >= 4 is 5.91 Å². The first-order valence-corrected chi connectivity index (χ1v) is 6.48. The molecule has 0 unspecified atom stereocenters. The van der Waals surface area contributed by atoms with Crippen LogP contribution in [0.5, 0.6) is 0 Å². The summed E-state index contributed by atoms with van der Waals surface area (Å²) in [6.45, 7) is 3.89. The first kappa shape index (κ1) is 14.1. The summed E-state index contributed by atoms with van der Waals surface area (Å²) in [5.74, 6) is 0.534. The molecule has 0 aliphatic carbocycles. The molecule has 2 aromatic rings. The molecule has 0 saturated heterocycles. The maximum atomic E-state index is 11.9. The monoisotopic (exact) mass is 275 g/mol. The average molecular weight is 275 g/mol. The van der Waals surface area contributed by atoms with E-state index >= 15 is 0 Å². The fourth-order valence-corrected chi connectivity index (χ4v) is 1.61. The van der Waals surface area contributed by atoms with Crippen LogP contribution in [0.2, 0.25) is 0 Å². The number of nitrogens with one attached hydrogen (secondary N) is 1. The van der Waals surface area contributed by atoms with Crippen LogP contribution in [0.3, 0.4) is 0 Å². The number of carbonyl (C=O) groups excluding carboxylic acids is 1. The Balaban J connectivity index is 1.85. The van der Waals surface area contributed by atoms with Crippen molar-refractivity contribution in [3.8, 4) is 5.82 Å². The molecule has 0 aliphatic rings. The summed E-state index contributed by atoms with van der Waals surface area (Å²) in [6, 6.07) is 3.47. The molecule has 0 radical (unpaired) electrons. The van der Waals surface area contributed by atoms with Crippen LogP contribution in [0.4, 0.5) is 0 Å². The number of nitrogens with zero attached hydrogens (tertiary/aromatic N) is 4. The van der Waals surface area contributed by atoms with Crippen molar-refractivity contribution in [2.45, 2.75) is 13.3 Å². The highest BCUT2D eigenvalue weighted by Gasteiger charge is 2.06. The summed E-state index contributed by atoms with van der Waals surface area (Å²) in [4.78, 5) is 16.0. The van der Waals surface area contributed by atoms with E-state index < -0.39 is 0 Å². The van der Waals surface area contributed by atoms with Crippen LogP contribution in [-0.2, 0) is 4.74 Å². The second-order valence-corrected chi connectivity index (χ2v) is 4.08. The predicted molar refractivity (Wildman–Crippen MR) is 72.6 cm³/mol. The van der Waals surface area contributed by atoms with Gasteiger partial charge in [-0.2, -0.15) is 0 Å². The van der Waals surface area contributed by atoms with Gasteiger partial charge in [-0.25, -0.2) is 4.98 Å². The maximum absolute atomic E-state index is 11.9. The molecule has 0 saturated carbocycles. The normalized spacial score (nSPS) is 10.4. The Morgan fingerprint density at radius 1 is 1.35 bits per heavy atom. The SMILES string of the molecule is CCOCCCNC(=O)c1ccc(-n2cnnc2)nc1. The van der Waals surface area contributed by atoms with Gasteiger partial charge in [0.1, 0.15) is 18.5 Å². The standard InChI is InChI=1S/C13H17N5O2/c1-2-20-7-3-6-14-13(19)11-4-5-12(15-8-11)18-9-16-17-10-18/h4-5,8-10H,2-3,6-7H2,1H3,(H,14,19). The van der Waals surface area contributed by atoms with Crippen molar-refractivity contribution in [2.24, 2.45) is 0 Å². The van der Waals surface area contributed by atoms with Gasteiger partial charge in [0.15, 0.2) is 0 Å². The van der Waals surface area contributed by atoms with Gasteiger partial charge in [0, 0.05) is 26.0 Å². The third-order valence-corrected chi connectivity index (χ3v) is 2.65. The summed E-state index contributed by atoms with van der Waals surface area (Å²) in [5.41, 5.74) is 0.526. The van der Waals surface area contributed by atoms with Crippen molar-refractivity contribution in [1.29, 1.82) is 0 Å². The zero-order valence-corrected chi connectivity index (χ0v) is 11.3. The van der Waals surface area contributed by atoms with Crippen molar-refractivity contribution in [3.05, 3.63) is 36.5 Å². The Morgan fingerprint density at radius 2 is 2.15 bits per heavy atom. The highest BCUT2D eigenvalue weighted by molar-refractivity contribution is 5.93. The topological polar surface area (TPSA) is 81.9 Å². The molecule has 1 N–H and O–H groups in total. The van der Waals surface area contributed by atoms with Gasteiger partial charge in [0.25, 0.3) is 5.91 Å². The second-order valence-electron chi connectivity index (χ2n) is 4.08. The first-order valence-electron chi connectivity index (χ1n) is 6.48. The molecule has 2 rings (SSSR count). The molecular weight excluding hydrogens is 258 g/mol. The van der Waals surface area contributed by atoms with Gasteiger partial charge in [-0.15, -0.1) is 10.2 Å². The van der Waals surface area contributed by atoms with Gasteiger partial charge in [-0.3, -0.25) is 9.36 Å². The largest absolute Gasteiger partial charge is 0.382 e. The van der Waals surface area contributed by atoms with Gasteiger partial charge in [-0.1, -0.05) is 0 Å². The fourth-order valence-electron chi connectivity index (χ4n) is 1.61. The predicted octanol–water partition coefficient (Wildman–Crippen LogP) is 0.819. The van der Waals surface area contributed by atoms with Crippen molar-refractivity contribution in [2.75, 3.05) is 19.8 Å². The third kappa shape index (κ3) is 3.86. The third-order valence-electron chi connectivity index (χ3n) is 2.65. The number of amides is 1. The van der Waals surface area contributed by atoms with Crippen molar-refractivity contribution < 1.29 is 9.53 Å². The van der Waals surface area contributed by atoms with E-state index in [-0.39, 0.29) is 5.91 Å². The molecule has 0 bridgehead atoms. The quantitative estimate of drug-likeness (QED) is 0.756. The van der Waals surface area contributed by atoms with Crippen LogP contribution in [0.25, 0.3) is 5.82 Å². The summed E-state index contributed by atoms with van der Waals surface area (Å²) in [5, 5.41) is 10.2. The molecule has 7 heteroatoms. The molecule has 1 amide bonds. The fraction of sp³-hybridized carbons (Fsp3) is 0.385. The molecule has 2 aromatic heterocycles. The van der Waals surface area contributed by atoms with E-state index in [0.29, 0.717) is 31.1 Å². The minimum Gasteiger partial charge on any atom is -0.382 e. The summed E-state index contributed by atoms with van der Waals surface area (Å²) in [7, 11) is 0. The van der Waals surface area contributed by atoms with E-state index in [9.17, 15) is 4.79 Å². The number of carbonyl (C=O) groups is 1. The van der Waals surface area contributed by atoms with E-state index in [2.05, 4.69) is 20.5 Å². The summed E-state index contributed by atoms with van der Waals surface area (Å²) < 4.78 is 6.87. The minimum absolute atomic E-state index is 0.135. The molecule has 7 nitrogen and oxygen atoms in total. The first-order chi connectivity index (χ1) is 9.81. The van der Waals surface area contributed by atoms with Crippen molar-refractivity contribution in [3.63, 3.8) is 0 Å². The average Bonchev–Trinajstić information content (AvgIpc) is 3.01. The smallest absolute Gasteiger partial charge is 0.252 e. The molecular formula is C13H17N5O2. The Morgan fingerprint density at radius 3 is 2.80 bits per heavy atom. The Hall–Kier alpha value is -2.28. The van der Waals surface area contributed by atoms with Gasteiger partial charge >= 0.3 is 0 Å². The van der Waals surface area contributed by atoms with Crippen LogP contribution in [0.15, 0.2) is 31.0 Å². The lowest BCUT2D eigenvalue weighted by atomic mass is 10.2. The highest BCUT2D eigenvalue weighted by Crippen LogP contribution is 2.04. The van der Waals surface area contributed by atoms with Crippen LogP contribution in [0, 0.1) is 0 Å². The molecule has 0 aliphatic heterocycles. The Bertz CT molecular complexity index is 524. The molecule has 0 spiro atoms. The van der Waals surface area contributed by atoms with E-state index in [0.717, 1.165) is 6.42 Å². The van der Waals surface area contributed by atoms with Gasteiger partial charge in [0.2, 0.25) is 0 Å². The van der Waals surface area contributed by atoms with Gasteiger partial charge < -0.3 is 10.1 Å². The van der Waals surface area contributed by atoms with Crippen LogP contribution in [-0.4, -0.2) is 45.4 Å². The lowest BCUT2D eigenvalue weighted by molar-refractivity contribution is 0.0944. The Labute approximate surface area is 117 Å². The molecule has 2 heterocycles. The molecule has 0 atom stereocenters. The zero-order chi connectivity index (χ0) is 14.2.